The molecule has 0 fully saturated rings. The monoisotopic (exact) mass is 281 g/mol. The Labute approximate surface area is 116 Å². The molecule has 2 rings (SSSR count). The number of hydrogen-bond donors (Lipinski definition) is 2. The minimum atomic E-state index is -0.245. The Balaban J connectivity index is 2.05. The fourth-order valence-corrected chi connectivity index (χ4v) is 1.94. The molecule has 0 atom stereocenters. The van der Waals surface area contributed by atoms with Crippen molar-refractivity contribution in [2.24, 2.45) is 0 Å². The molecule has 0 spiro atoms. The van der Waals surface area contributed by atoms with Crippen LogP contribution in [0.25, 0.3) is 0 Å². The van der Waals surface area contributed by atoms with E-state index in [1.165, 1.54) is 0 Å². The third-order valence-corrected chi connectivity index (χ3v) is 3.02. The number of halogens is 1. The number of aryl methyl sites for hydroxylation is 1. The summed E-state index contributed by atoms with van der Waals surface area (Å²) in [5.41, 5.74) is 0.410. The highest BCUT2D eigenvalue weighted by Gasteiger charge is 2.11. The van der Waals surface area contributed by atoms with Crippen molar-refractivity contribution in [3.63, 3.8) is 0 Å². The average molecular weight is 282 g/mol. The maximum atomic E-state index is 11.9. The van der Waals surface area contributed by atoms with Gasteiger partial charge >= 0.3 is 0 Å². The van der Waals surface area contributed by atoms with Crippen molar-refractivity contribution in [3.05, 3.63) is 52.4 Å². The Morgan fingerprint density at radius 1 is 1.39 bits per heavy atom. The first-order valence-corrected chi connectivity index (χ1v) is 6.21. The van der Waals surface area contributed by atoms with Gasteiger partial charge in [0.15, 0.2) is 0 Å². The van der Waals surface area contributed by atoms with E-state index >= 15 is 0 Å². The maximum Gasteiger partial charge on any atom is 0.253 e. The predicted octanol–water partition coefficient (Wildman–Crippen LogP) is 3.46. The van der Waals surface area contributed by atoms with E-state index in [2.05, 4.69) is 17.9 Å². The summed E-state index contributed by atoms with van der Waals surface area (Å²) in [5.74, 6) is 1.28. The molecule has 1 heterocycles. The molecule has 2 aromatic rings. The van der Waals surface area contributed by atoms with Crippen molar-refractivity contribution >= 4 is 30.1 Å². The van der Waals surface area contributed by atoms with E-state index in [0.29, 0.717) is 27.8 Å². The van der Waals surface area contributed by atoms with E-state index in [-0.39, 0.29) is 5.91 Å². The largest absolute Gasteiger partial charge is 0.465 e. The lowest BCUT2D eigenvalue weighted by atomic mass is 10.2. The second-order valence-corrected chi connectivity index (χ2v) is 4.78. The van der Waals surface area contributed by atoms with E-state index in [1.54, 1.807) is 18.2 Å². The van der Waals surface area contributed by atoms with Crippen LogP contribution in [-0.4, -0.2) is 5.91 Å². The Hall–Kier alpha value is -1.39. The third kappa shape index (κ3) is 3.09. The summed E-state index contributed by atoms with van der Waals surface area (Å²) in [6.45, 7) is 2.19. The van der Waals surface area contributed by atoms with Gasteiger partial charge in [0.25, 0.3) is 5.91 Å². The lowest BCUT2D eigenvalue weighted by Crippen LogP contribution is -2.22. The highest BCUT2D eigenvalue weighted by Crippen LogP contribution is 2.19. The van der Waals surface area contributed by atoms with Gasteiger partial charge in [-0.25, -0.2) is 0 Å². The van der Waals surface area contributed by atoms with Gasteiger partial charge in [0.05, 0.1) is 17.1 Å². The second kappa shape index (κ2) is 5.50. The summed E-state index contributed by atoms with van der Waals surface area (Å²) in [5, 5.41) is 3.15. The second-order valence-electron chi connectivity index (χ2n) is 3.86. The average Bonchev–Trinajstić information content (AvgIpc) is 2.75. The number of rotatable bonds is 3. The molecule has 1 aromatic heterocycles. The highest BCUT2D eigenvalue weighted by atomic mass is 35.5. The van der Waals surface area contributed by atoms with E-state index < -0.39 is 0 Å². The van der Waals surface area contributed by atoms with Crippen LogP contribution in [0.3, 0.4) is 0 Å². The Morgan fingerprint density at radius 2 is 2.17 bits per heavy atom. The summed E-state index contributed by atoms with van der Waals surface area (Å²) >= 11 is 10.1. The topological polar surface area (TPSA) is 42.2 Å². The fraction of sp³-hybridized carbons (Fsp3) is 0.154. The van der Waals surface area contributed by atoms with E-state index in [0.717, 1.165) is 5.76 Å². The van der Waals surface area contributed by atoms with Crippen LogP contribution < -0.4 is 5.32 Å². The number of carbonyl (C=O) groups excluding carboxylic acids is 1. The van der Waals surface area contributed by atoms with Crippen molar-refractivity contribution in [1.29, 1.82) is 0 Å². The molecule has 1 aromatic carbocycles. The molecule has 1 N–H and O–H groups in total. The molecule has 0 unspecified atom stereocenters. The van der Waals surface area contributed by atoms with Crippen LogP contribution in [0.2, 0.25) is 5.02 Å². The molecular formula is C13H12ClNO2S. The molecule has 0 aliphatic heterocycles. The zero-order valence-electron chi connectivity index (χ0n) is 9.74. The molecule has 3 nitrogen and oxygen atoms in total. The van der Waals surface area contributed by atoms with Crippen LogP contribution in [0.15, 0.2) is 39.6 Å². The van der Waals surface area contributed by atoms with Crippen LogP contribution in [0.4, 0.5) is 0 Å². The SMILES string of the molecule is Cc1ccc(CNC(=O)c2cc(S)ccc2Cl)o1. The quantitative estimate of drug-likeness (QED) is 0.846. The number of nitrogens with one attached hydrogen (secondary N) is 1. The number of furan rings is 1. The van der Waals surface area contributed by atoms with Gasteiger partial charge in [0, 0.05) is 4.90 Å². The molecule has 18 heavy (non-hydrogen) atoms. The predicted molar refractivity (Wildman–Crippen MR) is 73.3 cm³/mol. The van der Waals surface area contributed by atoms with Crippen LogP contribution in [0, 0.1) is 6.92 Å². The van der Waals surface area contributed by atoms with E-state index in [4.69, 9.17) is 16.0 Å². The summed E-state index contributed by atoms with van der Waals surface area (Å²) in [6, 6.07) is 8.69. The number of hydrogen-bond acceptors (Lipinski definition) is 3. The molecule has 1 amide bonds. The number of thiol groups is 1. The number of amides is 1. The zero-order valence-corrected chi connectivity index (χ0v) is 11.4. The zero-order chi connectivity index (χ0) is 13.1. The molecule has 0 saturated carbocycles. The lowest BCUT2D eigenvalue weighted by Gasteiger charge is -2.06. The smallest absolute Gasteiger partial charge is 0.253 e. The van der Waals surface area contributed by atoms with E-state index in [1.807, 2.05) is 19.1 Å². The molecule has 5 heteroatoms. The summed E-state index contributed by atoms with van der Waals surface area (Å²) in [4.78, 5) is 12.6. The molecule has 0 bridgehead atoms. The van der Waals surface area contributed by atoms with Crippen LogP contribution in [0.1, 0.15) is 21.9 Å². The van der Waals surface area contributed by atoms with Crippen molar-refractivity contribution in [1.82, 2.24) is 5.32 Å². The van der Waals surface area contributed by atoms with Gasteiger partial charge in [0.2, 0.25) is 0 Å². The van der Waals surface area contributed by atoms with Gasteiger partial charge in [-0.15, -0.1) is 12.6 Å². The normalized spacial score (nSPS) is 10.4. The van der Waals surface area contributed by atoms with Crippen molar-refractivity contribution in [2.45, 2.75) is 18.4 Å². The molecule has 0 saturated heterocycles. The van der Waals surface area contributed by atoms with Crippen molar-refractivity contribution in [3.8, 4) is 0 Å². The fourth-order valence-electron chi connectivity index (χ4n) is 1.53. The summed E-state index contributed by atoms with van der Waals surface area (Å²) in [6.07, 6.45) is 0. The van der Waals surface area contributed by atoms with Gasteiger partial charge in [-0.05, 0) is 37.3 Å². The minimum absolute atomic E-state index is 0.245. The van der Waals surface area contributed by atoms with Crippen LogP contribution in [0.5, 0.6) is 0 Å². The van der Waals surface area contributed by atoms with E-state index in [9.17, 15) is 4.79 Å². The summed E-state index contributed by atoms with van der Waals surface area (Å²) < 4.78 is 5.36. The van der Waals surface area contributed by atoms with Crippen molar-refractivity contribution in [2.75, 3.05) is 0 Å². The molecule has 0 aliphatic carbocycles. The van der Waals surface area contributed by atoms with Crippen molar-refractivity contribution < 1.29 is 9.21 Å². The van der Waals surface area contributed by atoms with Gasteiger partial charge < -0.3 is 9.73 Å². The first kappa shape index (κ1) is 13.1. The number of benzene rings is 1. The third-order valence-electron chi connectivity index (χ3n) is 2.41. The first-order valence-electron chi connectivity index (χ1n) is 5.38. The Bertz CT molecular complexity index is 580. The minimum Gasteiger partial charge on any atom is -0.465 e. The van der Waals surface area contributed by atoms with Gasteiger partial charge in [-0.1, -0.05) is 11.6 Å². The van der Waals surface area contributed by atoms with Gasteiger partial charge in [0.1, 0.15) is 11.5 Å². The maximum absolute atomic E-state index is 11.9. The molecular weight excluding hydrogens is 270 g/mol. The Morgan fingerprint density at radius 3 is 2.83 bits per heavy atom. The van der Waals surface area contributed by atoms with Gasteiger partial charge in [-0.3, -0.25) is 4.79 Å². The molecule has 94 valence electrons. The lowest BCUT2D eigenvalue weighted by molar-refractivity contribution is 0.0948. The van der Waals surface area contributed by atoms with Crippen LogP contribution >= 0.6 is 24.2 Å². The standard InChI is InChI=1S/C13H12ClNO2S/c1-8-2-3-9(17-8)7-15-13(16)11-6-10(18)4-5-12(11)14/h2-6,18H,7H2,1H3,(H,15,16). The highest BCUT2D eigenvalue weighted by molar-refractivity contribution is 7.80. The summed E-state index contributed by atoms with van der Waals surface area (Å²) in [7, 11) is 0. The molecule has 0 radical (unpaired) electrons. The Kier molecular flexibility index (Phi) is 3.99. The van der Waals surface area contributed by atoms with Crippen LogP contribution in [-0.2, 0) is 6.54 Å². The van der Waals surface area contributed by atoms with Gasteiger partial charge in [-0.2, -0.15) is 0 Å². The molecule has 0 aliphatic rings. The first-order chi connectivity index (χ1) is 8.56. The number of carbonyl (C=O) groups is 1.